The average Bonchev–Trinajstić information content (AvgIpc) is 2.45. The molecule has 0 rings (SSSR count). The van der Waals surface area contributed by atoms with Crippen LogP contribution in [0.1, 0.15) is 103 Å². The van der Waals surface area contributed by atoms with Crippen LogP contribution in [0, 0.1) is 0 Å². The van der Waals surface area contributed by atoms with Crippen molar-refractivity contribution in [3.63, 3.8) is 0 Å². The van der Waals surface area contributed by atoms with E-state index in [1.807, 2.05) is 0 Å². The van der Waals surface area contributed by atoms with Crippen LogP contribution in [0.3, 0.4) is 0 Å². The molecular formula is C18H35FO2. The van der Waals surface area contributed by atoms with Gasteiger partial charge in [0.1, 0.15) is 6.17 Å². The first-order chi connectivity index (χ1) is 10.2. The minimum Gasteiger partial charge on any atom is -0.481 e. The van der Waals surface area contributed by atoms with Crippen molar-refractivity contribution >= 4 is 5.97 Å². The van der Waals surface area contributed by atoms with E-state index in [2.05, 4.69) is 6.92 Å². The van der Waals surface area contributed by atoms with E-state index in [0.29, 0.717) is 6.42 Å². The first-order valence-corrected chi connectivity index (χ1v) is 9.02. The third-order valence-corrected chi connectivity index (χ3v) is 4.03. The number of halogens is 1. The molecule has 1 N–H and O–H groups in total. The third kappa shape index (κ3) is 17.3. The van der Waals surface area contributed by atoms with Gasteiger partial charge in [0.05, 0.1) is 0 Å². The number of aliphatic carboxylic acids is 1. The van der Waals surface area contributed by atoms with E-state index in [-0.39, 0.29) is 6.42 Å². The number of hydrogen-bond acceptors (Lipinski definition) is 1. The topological polar surface area (TPSA) is 37.3 Å². The van der Waals surface area contributed by atoms with E-state index in [4.69, 9.17) is 5.11 Å². The molecule has 3 heteroatoms. The lowest BCUT2D eigenvalue weighted by Crippen LogP contribution is -2.00. The Bertz CT molecular complexity index is 231. The molecule has 0 unspecified atom stereocenters. The lowest BCUT2D eigenvalue weighted by atomic mass is 10.0. The van der Waals surface area contributed by atoms with Crippen LogP contribution >= 0.6 is 0 Å². The molecule has 0 aromatic carbocycles. The summed E-state index contributed by atoms with van der Waals surface area (Å²) in [7, 11) is 0. The molecule has 0 aliphatic heterocycles. The molecule has 1 atom stereocenters. The maximum Gasteiger partial charge on any atom is 0.303 e. The van der Waals surface area contributed by atoms with Crippen molar-refractivity contribution in [2.75, 3.05) is 0 Å². The van der Waals surface area contributed by atoms with Gasteiger partial charge >= 0.3 is 5.97 Å². The maximum atomic E-state index is 13.6. The summed E-state index contributed by atoms with van der Waals surface area (Å²) in [5, 5.41) is 8.50. The molecule has 0 aromatic heterocycles. The monoisotopic (exact) mass is 302 g/mol. The molecule has 0 fully saturated rings. The van der Waals surface area contributed by atoms with Crippen LogP contribution in [0.25, 0.3) is 0 Å². The second kappa shape index (κ2) is 15.8. The molecule has 0 heterocycles. The summed E-state index contributed by atoms with van der Waals surface area (Å²) < 4.78 is 13.6. The van der Waals surface area contributed by atoms with Gasteiger partial charge in [-0.15, -0.1) is 0 Å². The fourth-order valence-electron chi connectivity index (χ4n) is 2.64. The average molecular weight is 302 g/mol. The Hall–Kier alpha value is -0.600. The predicted molar refractivity (Wildman–Crippen MR) is 87.5 cm³/mol. The second-order valence-electron chi connectivity index (χ2n) is 6.21. The molecule has 0 radical (unpaired) electrons. The van der Waals surface area contributed by atoms with Crippen LogP contribution in [-0.2, 0) is 4.79 Å². The summed E-state index contributed by atoms with van der Waals surface area (Å²) >= 11 is 0. The highest BCUT2D eigenvalue weighted by Gasteiger charge is 2.05. The van der Waals surface area contributed by atoms with E-state index < -0.39 is 12.1 Å². The lowest BCUT2D eigenvalue weighted by molar-refractivity contribution is -0.137. The first kappa shape index (κ1) is 20.4. The molecule has 0 aromatic rings. The SMILES string of the molecule is CCCCCCCC[C@H](F)CCCCCCCCC(=O)O. The van der Waals surface area contributed by atoms with Crippen molar-refractivity contribution in [3.05, 3.63) is 0 Å². The van der Waals surface area contributed by atoms with E-state index in [1.54, 1.807) is 0 Å². The number of rotatable bonds is 16. The van der Waals surface area contributed by atoms with Crippen LogP contribution in [0.4, 0.5) is 4.39 Å². The highest BCUT2D eigenvalue weighted by molar-refractivity contribution is 5.66. The molecule has 126 valence electrons. The Kier molecular flexibility index (Phi) is 15.3. The minimum absolute atomic E-state index is 0.283. The summed E-state index contributed by atoms with van der Waals surface area (Å²) in [6, 6.07) is 0. The molecule has 0 amide bonds. The zero-order valence-electron chi connectivity index (χ0n) is 13.9. The van der Waals surface area contributed by atoms with Gasteiger partial charge in [-0.2, -0.15) is 0 Å². The highest BCUT2D eigenvalue weighted by atomic mass is 19.1. The summed E-state index contributed by atoms with van der Waals surface area (Å²) in [6.07, 6.45) is 14.5. The summed E-state index contributed by atoms with van der Waals surface area (Å²) in [4.78, 5) is 10.3. The number of hydrogen-bond donors (Lipinski definition) is 1. The van der Waals surface area contributed by atoms with Crippen LogP contribution in [0.15, 0.2) is 0 Å². The normalized spacial score (nSPS) is 12.5. The van der Waals surface area contributed by atoms with Crippen molar-refractivity contribution in [1.29, 1.82) is 0 Å². The molecular weight excluding hydrogens is 267 g/mol. The molecule has 2 nitrogen and oxygen atoms in total. The van der Waals surface area contributed by atoms with Gasteiger partial charge in [-0.25, -0.2) is 4.39 Å². The minimum atomic E-state index is -0.704. The summed E-state index contributed by atoms with van der Waals surface area (Å²) in [5.41, 5.74) is 0. The van der Waals surface area contributed by atoms with Gasteiger partial charge < -0.3 is 5.11 Å². The number of carboxylic acids is 1. The highest BCUT2D eigenvalue weighted by Crippen LogP contribution is 2.16. The standard InChI is InChI=1S/C18H35FO2/c1-2-3-4-5-8-11-14-17(19)15-12-9-6-7-10-13-16-18(20)21/h17H,2-16H2,1H3,(H,20,21)/t17-/m0/s1. The van der Waals surface area contributed by atoms with E-state index in [1.165, 1.54) is 32.1 Å². The van der Waals surface area contributed by atoms with Gasteiger partial charge in [0.25, 0.3) is 0 Å². The lowest BCUT2D eigenvalue weighted by Gasteiger charge is -2.08. The van der Waals surface area contributed by atoms with Crippen LogP contribution < -0.4 is 0 Å². The molecule has 0 saturated heterocycles. The second-order valence-corrected chi connectivity index (χ2v) is 6.21. The Morgan fingerprint density at radius 3 is 1.71 bits per heavy atom. The van der Waals surface area contributed by atoms with Crippen LogP contribution in [0.5, 0.6) is 0 Å². The molecule has 0 saturated carbocycles. The number of carbonyl (C=O) groups is 1. The fourth-order valence-corrected chi connectivity index (χ4v) is 2.64. The number of alkyl halides is 1. The molecule has 0 aliphatic carbocycles. The summed E-state index contributed by atoms with van der Waals surface area (Å²) in [5.74, 6) is -0.704. The Labute approximate surface area is 130 Å². The Morgan fingerprint density at radius 2 is 1.24 bits per heavy atom. The number of unbranched alkanes of at least 4 members (excludes halogenated alkanes) is 10. The Morgan fingerprint density at radius 1 is 0.810 bits per heavy atom. The molecule has 0 bridgehead atoms. The van der Waals surface area contributed by atoms with Gasteiger partial charge in [0, 0.05) is 6.42 Å². The molecule has 0 aliphatic rings. The van der Waals surface area contributed by atoms with Crippen molar-refractivity contribution in [2.45, 2.75) is 109 Å². The quantitative estimate of drug-likeness (QED) is 0.341. The van der Waals surface area contributed by atoms with Gasteiger partial charge in [-0.1, -0.05) is 77.6 Å². The first-order valence-electron chi connectivity index (χ1n) is 9.02. The van der Waals surface area contributed by atoms with Gasteiger partial charge in [-0.3, -0.25) is 4.79 Å². The van der Waals surface area contributed by atoms with Crippen molar-refractivity contribution in [2.24, 2.45) is 0 Å². The number of carboxylic acid groups (broad SMARTS) is 1. The van der Waals surface area contributed by atoms with E-state index in [0.717, 1.165) is 51.4 Å². The van der Waals surface area contributed by atoms with Crippen LogP contribution in [-0.4, -0.2) is 17.2 Å². The van der Waals surface area contributed by atoms with Crippen molar-refractivity contribution in [3.8, 4) is 0 Å². The molecule has 21 heavy (non-hydrogen) atoms. The van der Waals surface area contributed by atoms with Crippen LogP contribution in [0.2, 0.25) is 0 Å². The fraction of sp³-hybridized carbons (Fsp3) is 0.944. The summed E-state index contributed by atoms with van der Waals surface area (Å²) in [6.45, 7) is 2.21. The zero-order chi connectivity index (χ0) is 15.8. The van der Waals surface area contributed by atoms with E-state index >= 15 is 0 Å². The smallest absolute Gasteiger partial charge is 0.303 e. The predicted octanol–water partition coefficient (Wildman–Crippen LogP) is 6.28. The van der Waals surface area contributed by atoms with Crippen molar-refractivity contribution < 1.29 is 14.3 Å². The van der Waals surface area contributed by atoms with Gasteiger partial charge in [0.2, 0.25) is 0 Å². The van der Waals surface area contributed by atoms with E-state index in [9.17, 15) is 9.18 Å². The third-order valence-electron chi connectivity index (χ3n) is 4.03. The molecule has 0 spiro atoms. The van der Waals surface area contributed by atoms with Gasteiger partial charge in [-0.05, 0) is 19.3 Å². The largest absolute Gasteiger partial charge is 0.481 e. The van der Waals surface area contributed by atoms with Crippen molar-refractivity contribution in [1.82, 2.24) is 0 Å². The Balaban J connectivity index is 3.15. The zero-order valence-corrected chi connectivity index (χ0v) is 13.9. The maximum absolute atomic E-state index is 13.6. The van der Waals surface area contributed by atoms with Gasteiger partial charge in [0.15, 0.2) is 0 Å².